The highest BCUT2D eigenvalue weighted by molar-refractivity contribution is 9.11. The van der Waals surface area contributed by atoms with Gasteiger partial charge in [0.2, 0.25) is 0 Å². The lowest BCUT2D eigenvalue weighted by Gasteiger charge is -2.16. The minimum Gasteiger partial charge on any atom is -0.327 e. The molecule has 3 nitrogen and oxygen atoms in total. The normalized spacial score (nSPS) is 16.7. The number of halogens is 1. The van der Waals surface area contributed by atoms with Gasteiger partial charge in [0.25, 0.3) is 5.91 Å². The van der Waals surface area contributed by atoms with Crippen molar-refractivity contribution in [1.29, 1.82) is 0 Å². The molecule has 1 aliphatic heterocycles. The van der Waals surface area contributed by atoms with E-state index in [4.69, 9.17) is 12.2 Å². The van der Waals surface area contributed by atoms with E-state index in [2.05, 4.69) is 21.2 Å². The highest BCUT2D eigenvalue weighted by atomic mass is 79.9. The minimum atomic E-state index is -0.126. The lowest BCUT2D eigenvalue weighted by molar-refractivity contribution is -0.113. The van der Waals surface area contributed by atoms with Crippen LogP contribution in [0.3, 0.4) is 0 Å². The van der Waals surface area contributed by atoms with E-state index in [1.807, 2.05) is 49.4 Å². The van der Waals surface area contributed by atoms with Crippen LogP contribution in [-0.4, -0.2) is 11.0 Å². The van der Waals surface area contributed by atoms with Crippen LogP contribution in [0.5, 0.6) is 0 Å². The Balaban J connectivity index is 1.96. The summed E-state index contributed by atoms with van der Waals surface area (Å²) in [5, 5.41) is 3.41. The molecule has 1 saturated heterocycles. The van der Waals surface area contributed by atoms with Crippen LogP contribution in [0.4, 0.5) is 5.69 Å². The van der Waals surface area contributed by atoms with Gasteiger partial charge >= 0.3 is 0 Å². The fourth-order valence-electron chi connectivity index (χ4n) is 2.12. The number of nitrogens with one attached hydrogen (secondary N) is 1. The van der Waals surface area contributed by atoms with Gasteiger partial charge < -0.3 is 5.32 Å². The Hall–Kier alpha value is -1.50. The maximum atomic E-state index is 12.6. The molecular weight excluding hydrogens is 368 g/mol. The summed E-state index contributed by atoms with van der Waals surface area (Å²) in [7, 11) is 0. The molecule has 2 heterocycles. The molecular formula is C15H11BrN2OS2. The first kappa shape index (κ1) is 14.4. The number of nitrogens with zero attached hydrogens (tertiary/aromatic N) is 1. The first-order valence-corrected chi connectivity index (χ1v) is 8.26. The molecule has 0 spiro atoms. The van der Waals surface area contributed by atoms with Crippen molar-refractivity contribution in [2.24, 2.45) is 0 Å². The van der Waals surface area contributed by atoms with Crippen molar-refractivity contribution < 1.29 is 4.79 Å². The lowest BCUT2D eigenvalue weighted by Crippen LogP contribution is -2.30. The Labute approximate surface area is 140 Å². The molecule has 2 aromatic rings. The van der Waals surface area contributed by atoms with Crippen molar-refractivity contribution in [2.45, 2.75) is 6.92 Å². The van der Waals surface area contributed by atoms with Crippen LogP contribution in [0.15, 0.2) is 45.9 Å². The molecule has 0 bridgehead atoms. The molecule has 0 aliphatic carbocycles. The summed E-state index contributed by atoms with van der Waals surface area (Å²) in [5.41, 5.74) is 2.32. The Morgan fingerprint density at radius 3 is 2.71 bits per heavy atom. The van der Waals surface area contributed by atoms with Crippen molar-refractivity contribution in [3.63, 3.8) is 0 Å². The average Bonchev–Trinajstić information content (AvgIpc) is 2.96. The summed E-state index contributed by atoms with van der Waals surface area (Å²) in [6.07, 6.45) is 1.82. The molecule has 1 aromatic heterocycles. The number of benzene rings is 1. The topological polar surface area (TPSA) is 32.3 Å². The second-order valence-corrected chi connectivity index (χ2v) is 7.44. The molecule has 1 fully saturated rings. The number of rotatable bonds is 2. The minimum absolute atomic E-state index is 0.126. The SMILES string of the molecule is Cc1ccccc1N1C(=O)/C(=C\c2ccc(Br)s2)NC1=S. The largest absolute Gasteiger partial charge is 0.327 e. The quantitative estimate of drug-likeness (QED) is 0.631. The van der Waals surface area contributed by atoms with Crippen LogP contribution in [-0.2, 0) is 4.79 Å². The zero-order valence-electron chi connectivity index (χ0n) is 11.1. The van der Waals surface area contributed by atoms with E-state index in [1.165, 1.54) is 0 Å². The van der Waals surface area contributed by atoms with Gasteiger partial charge in [0.1, 0.15) is 5.70 Å². The van der Waals surface area contributed by atoms with Crippen LogP contribution in [0, 0.1) is 6.92 Å². The molecule has 1 aromatic carbocycles. The summed E-state index contributed by atoms with van der Waals surface area (Å²) in [4.78, 5) is 15.1. The zero-order chi connectivity index (χ0) is 15.0. The molecule has 6 heteroatoms. The number of para-hydroxylation sites is 1. The number of thiocarbonyl (C=S) groups is 1. The van der Waals surface area contributed by atoms with Crippen LogP contribution in [0.1, 0.15) is 10.4 Å². The number of aryl methyl sites for hydroxylation is 1. The molecule has 21 heavy (non-hydrogen) atoms. The van der Waals surface area contributed by atoms with Gasteiger partial charge in [-0.15, -0.1) is 11.3 Å². The van der Waals surface area contributed by atoms with Crippen molar-refractivity contribution in [1.82, 2.24) is 5.32 Å². The van der Waals surface area contributed by atoms with Crippen molar-refractivity contribution in [3.8, 4) is 0 Å². The van der Waals surface area contributed by atoms with E-state index in [9.17, 15) is 4.79 Å². The molecule has 106 valence electrons. The number of hydrogen-bond donors (Lipinski definition) is 1. The Morgan fingerprint density at radius 1 is 1.29 bits per heavy atom. The maximum Gasteiger partial charge on any atom is 0.281 e. The third kappa shape index (κ3) is 2.79. The van der Waals surface area contributed by atoms with Gasteiger partial charge in [-0.2, -0.15) is 0 Å². The standard InChI is InChI=1S/C15H11BrN2OS2/c1-9-4-2-3-5-12(9)18-14(19)11(17-15(18)20)8-10-6-7-13(16)21-10/h2-8H,1H3,(H,17,20)/b11-8+. The molecule has 0 unspecified atom stereocenters. The van der Waals surface area contributed by atoms with Crippen molar-refractivity contribution in [2.75, 3.05) is 4.90 Å². The molecule has 0 radical (unpaired) electrons. The van der Waals surface area contributed by atoms with Gasteiger partial charge in [0.05, 0.1) is 9.47 Å². The van der Waals surface area contributed by atoms with E-state index < -0.39 is 0 Å². The van der Waals surface area contributed by atoms with Gasteiger partial charge in [-0.25, -0.2) is 0 Å². The van der Waals surface area contributed by atoms with Crippen LogP contribution in [0.25, 0.3) is 6.08 Å². The average molecular weight is 379 g/mol. The van der Waals surface area contributed by atoms with E-state index >= 15 is 0 Å². The summed E-state index contributed by atoms with van der Waals surface area (Å²) in [5.74, 6) is -0.126. The number of hydrogen-bond acceptors (Lipinski definition) is 3. The second-order valence-electron chi connectivity index (χ2n) is 4.56. The number of carbonyl (C=O) groups is 1. The van der Waals surface area contributed by atoms with E-state index in [0.717, 1.165) is 19.9 Å². The predicted octanol–water partition coefficient (Wildman–Crippen LogP) is 4.08. The highest BCUT2D eigenvalue weighted by Crippen LogP contribution is 2.28. The Bertz CT molecular complexity index is 767. The smallest absolute Gasteiger partial charge is 0.281 e. The van der Waals surface area contributed by atoms with Gasteiger partial charge in [-0.3, -0.25) is 9.69 Å². The zero-order valence-corrected chi connectivity index (χ0v) is 14.3. The maximum absolute atomic E-state index is 12.6. The summed E-state index contributed by atoms with van der Waals surface area (Å²) >= 11 is 10.3. The van der Waals surface area contributed by atoms with E-state index in [1.54, 1.807) is 16.2 Å². The molecule has 1 amide bonds. The lowest BCUT2D eigenvalue weighted by atomic mass is 10.2. The van der Waals surface area contributed by atoms with E-state index in [-0.39, 0.29) is 5.91 Å². The predicted molar refractivity (Wildman–Crippen MR) is 94.4 cm³/mol. The number of amides is 1. The first-order valence-electron chi connectivity index (χ1n) is 6.24. The molecule has 3 rings (SSSR count). The summed E-state index contributed by atoms with van der Waals surface area (Å²) in [6, 6.07) is 11.6. The summed E-state index contributed by atoms with van der Waals surface area (Å²) in [6.45, 7) is 1.96. The van der Waals surface area contributed by atoms with Crippen LogP contribution >= 0.6 is 39.5 Å². The van der Waals surface area contributed by atoms with Gasteiger partial charge in [0.15, 0.2) is 5.11 Å². The monoisotopic (exact) mass is 378 g/mol. The van der Waals surface area contributed by atoms with Crippen LogP contribution in [0.2, 0.25) is 0 Å². The third-order valence-corrected chi connectivity index (χ3v) is 4.97. The fourth-order valence-corrected chi connectivity index (χ4v) is 3.77. The Kier molecular flexibility index (Phi) is 3.93. The number of anilines is 1. The summed E-state index contributed by atoms with van der Waals surface area (Å²) < 4.78 is 1.03. The second kappa shape index (κ2) is 5.71. The van der Waals surface area contributed by atoms with Gasteiger partial charge in [-0.05, 0) is 64.9 Å². The van der Waals surface area contributed by atoms with Gasteiger partial charge in [0, 0.05) is 4.88 Å². The molecule has 0 saturated carbocycles. The number of carbonyl (C=O) groups excluding carboxylic acids is 1. The van der Waals surface area contributed by atoms with Crippen LogP contribution < -0.4 is 10.2 Å². The molecule has 0 atom stereocenters. The fraction of sp³-hybridized carbons (Fsp3) is 0.0667. The van der Waals surface area contributed by atoms with Gasteiger partial charge in [-0.1, -0.05) is 18.2 Å². The number of thiophene rings is 1. The van der Waals surface area contributed by atoms with Crippen molar-refractivity contribution in [3.05, 3.63) is 56.3 Å². The van der Waals surface area contributed by atoms with Crippen molar-refractivity contribution >= 4 is 62.3 Å². The third-order valence-electron chi connectivity index (χ3n) is 3.12. The first-order chi connectivity index (χ1) is 10.1. The molecule has 1 N–H and O–H groups in total. The molecule has 1 aliphatic rings. The highest BCUT2D eigenvalue weighted by Gasteiger charge is 2.32. The van der Waals surface area contributed by atoms with E-state index in [0.29, 0.717) is 10.8 Å². The Morgan fingerprint density at radius 2 is 2.05 bits per heavy atom.